The lowest BCUT2D eigenvalue weighted by Crippen LogP contribution is -2.34. The summed E-state index contributed by atoms with van der Waals surface area (Å²) in [6, 6.07) is 0. The fraction of sp³-hybridized carbons (Fsp3) is 1.00. The molecule has 1 N–H and O–H groups in total. The average Bonchev–Trinajstić information content (AvgIpc) is 2.95. The van der Waals surface area contributed by atoms with Crippen LogP contribution in [0.2, 0.25) is 0 Å². The highest BCUT2D eigenvalue weighted by Gasteiger charge is 2.06. The monoisotopic (exact) mass is 569 g/mol. The van der Waals surface area contributed by atoms with Gasteiger partial charge >= 0.3 is 0 Å². The number of aliphatic hydroxyl groups excluding tert-OH is 1. The van der Waals surface area contributed by atoms with E-state index in [1.54, 1.807) is 0 Å². The van der Waals surface area contributed by atoms with Gasteiger partial charge in [-0.05, 0) is 12.8 Å². The van der Waals surface area contributed by atoms with Gasteiger partial charge in [0.05, 0.1) is 112 Å². The largest absolute Gasteiger partial charge is 0.394 e. The Kier molecular flexibility index (Phi) is 35.2. The zero-order valence-corrected chi connectivity index (χ0v) is 25.0. The molecule has 0 radical (unpaired) electrons. The van der Waals surface area contributed by atoms with Gasteiger partial charge in [0.25, 0.3) is 0 Å². The van der Waals surface area contributed by atoms with Crippen molar-refractivity contribution in [2.75, 3.05) is 145 Å². The second kappa shape index (κ2) is 35.6. The molecule has 0 unspecified atom stereocenters. The summed E-state index contributed by atoms with van der Waals surface area (Å²) in [5.74, 6) is 0. The summed E-state index contributed by atoms with van der Waals surface area (Å²) >= 11 is 0. The van der Waals surface area contributed by atoms with Gasteiger partial charge in [0.1, 0.15) is 0 Å². The lowest BCUT2D eigenvalue weighted by atomic mass is 10.4. The molecule has 0 atom stereocenters. The third-order valence-corrected chi connectivity index (χ3v) is 5.41. The molecule has 39 heavy (non-hydrogen) atoms. The van der Waals surface area contributed by atoms with Gasteiger partial charge < -0.3 is 47.7 Å². The van der Waals surface area contributed by atoms with Gasteiger partial charge in [-0.3, -0.25) is 4.90 Å². The van der Waals surface area contributed by atoms with E-state index in [9.17, 15) is 0 Å². The maximum Gasteiger partial charge on any atom is 0.0701 e. The Bertz CT molecular complexity index is 411. The predicted octanol–water partition coefficient (Wildman–Crippen LogP) is 2.03. The summed E-state index contributed by atoms with van der Waals surface area (Å²) in [6.45, 7) is 17.2. The molecule has 0 aliphatic heterocycles. The highest BCUT2D eigenvalue weighted by molar-refractivity contribution is 4.57. The van der Waals surface area contributed by atoms with E-state index in [0.717, 1.165) is 58.5 Å². The van der Waals surface area contributed by atoms with E-state index >= 15 is 0 Å². The first-order chi connectivity index (χ1) is 19.3. The van der Waals surface area contributed by atoms with E-state index in [1.165, 1.54) is 0 Å². The summed E-state index contributed by atoms with van der Waals surface area (Å²) in [5, 5.41) is 8.67. The number of hydrogen-bond acceptors (Lipinski definition) is 11. The summed E-state index contributed by atoms with van der Waals surface area (Å²) in [4.78, 5) is 2.27. The second-order valence-corrected chi connectivity index (χ2v) is 8.78. The van der Waals surface area contributed by atoms with E-state index in [0.29, 0.717) is 106 Å². The third kappa shape index (κ3) is 33.7. The average molecular weight is 570 g/mol. The zero-order chi connectivity index (χ0) is 28.3. The summed E-state index contributed by atoms with van der Waals surface area (Å²) in [6.07, 6.45) is 4.47. The Morgan fingerprint density at radius 2 is 0.615 bits per heavy atom. The molecule has 0 rings (SSSR count). The van der Waals surface area contributed by atoms with Crippen molar-refractivity contribution in [3.8, 4) is 0 Å². The van der Waals surface area contributed by atoms with Gasteiger partial charge in [0.15, 0.2) is 0 Å². The summed E-state index contributed by atoms with van der Waals surface area (Å²) < 4.78 is 49.9. The van der Waals surface area contributed by atoms with Crippen molar-refractivity contribution in [1.82, 2.24) is 4.90 Å². The molecule has 0 fully saturated rings. The van der Waals surface area contributed by atoms with Crippen molar-refractivity contribution in [3.63, 3.8) is 0 Å². The number of unbranched alkanes of at least 4 members (excludes halogenated alkanes) is 2. The van der Waals surface area contributed by atoms with Crippen LogP contribution in [0.25, 0.3) is 0 Å². The van der Waals surface area contributed by atoms with Crippen LogP contribution < -0.4 is 0 Å². The van der Waals surface area contributed by atoms with Crippen molar-refractivity contribution in [2.24, 2.45) is 0 Å². The molecule has 0 aromatic heterocycles. The minimum absolute atomic E-state index is 0.0283. The highest BCUT2D eigenvalue weighted by atomic mass is 16.6. The molecule has 11 heteroatoms. The van der Waals surface area contributed by atoms with Crippen LogP contribution in [-0.2, 0) is 42.6 Å². The zero-order valence-electron chi connectivity index (χ0n) is 25.0. The number of rotatable bonds is 35. The van der Waals surface area contributed by atoms with Crippen molar-refractivity contribution in [3.05, 3.63) is 0 Å². The van der Waals surface area contributed by atoms with Gasteiger partial charge in [0, 0.05) is 32.8 Å². The van der Waals surface area contributed by atoms with E-state index in [1.807, 2.05) is 0 Å². The molecule has 0 aliphatic carbocycles. The molecule has 0 saturated carbocycles. The van der Waals surface area contributed by atoms with Gasteiger partial charge in [-0.15, -0.1) is 0 Å². The van der Waals surface area contributed by atoms with Crippen LogP contribution in [0.3, 0.4) is 0 Å². The smallest absolute Gasteiger partial charge is 0.0701 e. The number of hydrogen-bond donors (Lipinski definition) is 1. The Labute approximate surface area is 237 Å². The predicted molar refractivity (Wildman–Crippen MR) is 151 cm³/mol. The molecule has 0 aliphatic rings. The lowest BCUT2D eigenvalue weighted by Gasteiger charge is -2.22. The first kappa shape index (κ1) is 38.6. The lowest BCUT2D eigenvalue weighted by molar-refractivity contribution is -0.00738. The molecule has 0 spiro atoms. The van der Waals surface area contributed by atoms with Crippen LogP contribution in [0, 0.1) is 0 Å². The van der Waals surface area contributed by atoms with Crippen LogP contribution in [0.5, 0.6) is 0 Å². The van der Waals surface area contributed by atoms with E-state index in [2.05, 4.69) is 18.7 Å². The van der Waals surface area contributed by atoms with E-state index in [-0.39, 0.29) is 6.61 Å². The van der Waals surface area contributed by atoms with Gasteiger partial charge in [-0.25, -0.2) is 0 Å². The summed E-state index contributed by atoms with van der Waals surface area (Å²) in [7, 11) is 0. The molecule has 0 aromatic carbocycles. The van der Waals surface area contributed by atoms with Crippen molar-refractivity contribution < 1.29 is 47.7 Å². The molecule has 11 nitrogen and oxygen atoms in total. The molecule has 0 saturated heterocycles. The summed E-state index contributed by atoms with van der Waals surface area (Å²) in [5.41, 5.74) is 0. The van der Waals surface area contributed by atoms with Crippen molar-refractivity contribution in [1.29, 1.82) is 0 Å². The minimum Gasteiger partial charge on any atom is -0.394 e. The molecule has 0 heterocycles. The van der Waals surface area contributed by atoms with Crippen LogP contribution in [0.15, 0.2) is 0 Å². The first-order valence-corrected chi connectivity index (χ1v) is 14.9. The number of ether oxygens (including phenoxy) is 9. The molecular formula is C28H59NO10. The van der Waals surface area contributed by atoms with Crippen LogP contribution >= 0.6 is 0 Å². The van der Waals surface area contributed by atoms with E-state index < -0.39 is 0 Å². The topological polar surface area (TPSA) is 107 Å². The van der Waals surface area contributed by atoms with Crippen molar-refractivity contribution in [2.45, 2.75) is 39.5 Å². The maximum absolute atomic E-state index is 8.67. The Hall–Kier alpha value is -0.440. The Morgan fingerprint density at radius 3 is 0.897 bits per heavy atom. The fourth-order valence-corrected chi connectivity index (χ4v) is 3.10. The standard InChI is InChI=1S/C28H59NO10/c1-3-5-11-31-17-23-37-25-19-33-13-7-29(9-15-35-21-27-39-28-22-36-16-10-30)8-14-34-20-26-38-24-18-32-12-6-4-2/h30H,3-28H2,1-2H3. The Morgan fingerprint density at radius 1 is 0.359 bits per heavy atom. The first-order valence-electron chi connectivity index (χ1n) is 14.9. The maximum atomic E-state index is 8.67. The van der Waals surface area contributed by atoms with Crippen LogP contribution in [-0.4, -0.2) is 155 Å². The van der Waals surface area contributed by atoms with E-state index in [4.69, 9.17) is 47.7 Å². The van der Waals surface area contributed by atoms with Crippen LogP contribution in [0.4, 0.5) is 0 Å². The number of aliphatic hydroxyl groups is 1. The van der Waals surface area contributed by atoms with Crippen LogP contribution in [0.1, 0.15) is 39.5 Å². The quantitative estimate of drug-likeness (QED) is 0.113. The Balaban J connectivity index is 3.88. The number of nitrogens with zero attached hydrogens (tertiary/aromatic N) is 1. The second-order valence-electron chi connectivity index (χ2n) is 8.78. The molecule has 0 aromatic rings. The minimum atomic E-state index is 0.0283. The van der Waals surface area contributed by atoms with Crippen molar-refractivity contribution >= 4 is 0 Å². The molecule has 0 bridgehead atoms. The van der Waals surface area contributed by atoms with Gasteiger partial charge in [-0.1, -0.05) is 26.7 Å². The molecular weight excluding hydrogens is 510 g/mol. The molecule has 236 valence electrons. The highest BCUT2D eigenvalue weighted by Crippen LogP contribution is 1.94. The van der Waals surface area contributed by atoms with Gasteiger partial charge in [-0.2, -0.15) is 0 Å². The third-order valence-electron chi connectivity index (χ3n) is 5.41. The molecule has 0 amide bonds. The SMILES string of the molecule is CCCCOCCOCCOCCN(CCOCCOCCOCCO)CCOCCOCCOCCCC. The fourth-order valence-electron chi connectivity index (χ4n) is 3.10. The van der Waals surface area contributed by atoms with Gasteiger partial charge in [0.2, 0.25) is 0 Å². The normalized spacial score (nSPS) is 11.7.